The van der Waals surface area contributed by atoms with Crippen molar-refractivity contribution in [3.63, 3.8) is 0 Å². The molecule has 0 spiro atoms. The molecule has 0 atom stereocenters. The molecule has 2 fully saturated rings. The zero-order chi connectivity index (χ0) is 18.3. The number of hydrogen-bond donors (Lipinski definition) is 2. The van der Waals surface area contributed by atoms with Crippen molar-refractivity contribution < 1.29 is 27.9 Å². The van der Waals surface area contributed by atoms with E-state index in [9.17, 15) is 27.9 Å². The van der Waals surface area contributed by atoms with Gasteiger partial charge in [-0.15, -0.1) is 0 Å². The molecular formula is C18H20F3NO3. The molecule has 136 valence electrons. The third-order valence-electron chi connectivity index (χ3n) is 5.53. The minimum Gasteiger partial charge on any atom is -0.481 e. The molecule has 0 aromatic heterocycles. The number of carboxylic acids is 1. The van der Waals surface area contributed by atoms with Crippen molar-refractivity contribution in [2.24, 2.45) is 5.41 Å². The molecule has 0 radical (unpaired) electrons. The Morgan fingerprint density at radius 1 is 1.12 bits per heavy atom. The van der Waals surface area contributed by atoms with Gasteiger partial charge >= 0.3 is 12.1 Å². The van der Waals surface area contributed by atoms with Crippen LogP contribution in [0.5, 0.6) is 0 Å². The fourth-order valence-corrected chi connectivity index (χ4v) is 3.65. The minimum atomic E-state index is -4.46. The summed E-state index contributed by atoms with van der Waals surface area (Å²) in [4.78, 5) is 24.1. The number of nitrogens with one attached hydrogen (secondary N) is 1. The topological polar surface area (TPSA) is 66.4 Å². The lowest BCUT2D eigenvalue weighted by atomic mass is 9.77. The van der Waals surface area contributed by atoms with Crippen LogP contribution in [0.2, 0.25) is 0 Å². The molecular weight excluding hydrogens is 335 g/mol. The molecule has 2 aliphatic rings. The lowest BCUT2D eigenvalue weighted by Gasteiger charge is -2.29. The van der Waals surface area contributed by atoms with Gasteiger partial charge in [-0.1, -0.05) is 31.0 Å². The van der Waals surface area contributed by atoms with Gasteiger partial charge in [-0.25, -0.2) is 0 Å². The number of hydrogen-bond acceptors (Lipinski definition) is 2. The van der Waals surface area contributed by atoms with E-state index in [-0.39, 0.29) is 12.5 Å². The van der Waals surface area contributed by atoms with Gasteiger partial charge in [-0.3, -0.25) is 9.59 Å². The number of aliphatic carboxylic acids is 1. The summed E-state index contributed by atoms with van der Waals surface area (Å²) >= 11 is 0. The van der Waals surface area contributed by atoms with Gasteiger partial charge in [0, 0.05) is 6.54 Å². The lowest BCUT2D eigenvalue weighted by Crippen LogP contribution is -2.45. The second kappa shape index (κ2) is 6.04. The number of rotatable bonds is 5. The highest BCUT2D eigenvalue weighted by Gasteiger charge is 2.52. The Labute approximate surface area is 143 Å². The largest absolute Gasteiger partial charge is 0.481 e. The molecule has 1 aromatic carbocycles. The fourth-order valence-electron chi connectivity index (χ4n) is 3.65. The van der Waals surface area contributed by atoms with Crippen molar-refractivity contribution >= 4 is 11.9 Å². The van der Waals surface area contributed by atoms with Gasteiger partial charge in [0.2, 0.25) is 5.91 Å². The SMILES string of the molecule is O=C(O)C1(CNC(=O)C2(c3cccc(C(F)(F)F)c3)CCCC2)CC1. The van der Waals surface area contributed by atoms with Crippen molar-refractivity contribution in [1.29, 1.82) is 0 Å². The third kappa shape index (κ3) is 3.24. The first-order chi connectivity index (χ1) is 11.7. The second-order valence-corrected chi connectivity index (χ2v) is 7.14. The molecule has 1 aromatic rings. The van der Waals surface area contributed by atoms with E-state index in [1.807, 2.05) is 0 Å². The van der Waals surface area contributed by atoms with Crippen molar-refractivity contribution in [2.75, 3.05) is 6.54 Å². The van der Waals surface area contributed by atoms with Gasteiger partial charge in [0.15, 0.2) is 0 Å². The van der Waals surface area contributed by atoms with Gasteiger partial charge in [0.25, 0.3) is 0 Å². The van der Waals surface area contributed by atoms with Crippen molar-refractivity contribution in [3.05, 3.63) is 35.4 Å². The van der Waals surface area contributed by atoms with E-state index in [2.05, 4.69) is 5.32 Å². The standard InChI is InChI=1S/C18H20F3NO3/c19-18(20,21)13-5-3-4-12(10-13)17(6-1-2-7-17)14(23)22-11-16(8-9-16)15(24)25/h3-5,10H,1-2,6-9,11H2,(H,22,23)(H,24,25). The molecule has 3 rings (SSSR count). The summed E-state index contributed by atoms with van der Waals surface area (Å²) in [5, 5.41) is 11.9. The van der Waals surface area contributed by atoms with Gasteiger partial charge in [-0.2, -0.15) is 13.2 Å². The van der Waals surface area contributed by atoms with E-state index in [0.29, 0.717) is 31.2 Å². The predicted octanol–water partition coefficient (Wildman–Crippen LogP) is 3.50. The average Bonchev–Trinajstić information content (AvgIpc) is 3.20. The summed E-state index contributed by atoms with van der Waals surface area (Å²) in [5.41, 5.74) is -2.31. The smallest absolute Gasteiger partial charge is 0.416 e. The van der Waals surface area contributed by atoms with Crippen molar-refractivity contribution in [1.82, 2.24) is 5.32 Å². The van der Waals surface area contributed by atoms with E-state index in [4.69, 9.17) is 0 Å². The maximum absolute atomic E-state index is 13.0. The van der Waals surface area contributed by atoms with Crippen molar-refractivity contribution in [2.45, 2.75) is 50.1 Å². The molecule has 2 saturated carbocycles. The number of alkyl halides is 3. The Hall–Kier alpha value is -2.05. The van der Waals surface area contributed by atoms with Crippen LogP contribution in [0.4, 0.5) is 13.2 Å². The second-order valence-electron chi connectivity index (χ2n) is 7.14. The van der Waals surface area contributed by atoms with Crippen LogP contribution in [0.3, 0.4) is 0 Å². The number of halogens is 3. The molecule has 0 saturated heterocycles. The number of carboxylic acid groups (broad SMARTS) is 1. The molecule has 25 heavy (non-hydrogen) atoms. The lowest BCUT2D eigenvalue weighted by molar-refractivity contribution is -0.143. The van der Waals surface area contributed by atoms with Gasteiger partial charge in [-0.05, 0) is 37.3 Å². The van der Waals surface area contributed by atoms with Crippen LogP contribution in [0.25, 0.3) is 0 Å². The van der Waals surface area contributed by atoms with Crippen LogP contribution in [0.1, 0.15) is 49.7 Å². The molecule has 4 nitrogen and oxygen atoms in total. The van der Waals surface area contributed by atoms with Crippen LogP contribution < -0.4 is 5.32 Å². The highest BCUT2D eigenvalue weighted by Crippen LogP contribution is 2.46. The zero-order valence-corrected chi connectivity index (χ0v) is 13.7. The zero-order valence-electron chi connectivity index (χ0n) is 13.7. The van der Waals surface area contributed by atoms with E-state index in [0.717, 1.165) is 25.0 Å². The summed E-state index contributed by atoms with van der Waals surface area (Å²) in [7, 11) is 0. The molecule has 7 heteroatoms. The first kappa shape index (κ1) is 17.8. The third-order valence-corrected chi connectivity index (χ3v) is 5.53. The Kier molecular flexibility index (Phi) is 4.29. The van der Waals surface area contributed by atoms with Gasteiger partial charge in [0.05, 0.1) is 16.4 Å². The highest BCUT2D eigenvalue weighted by atomic mass is 19.4. The molecule has 2 aliphatic carbocycles. The van der Waals surface area contributed by atoms with Gasteiger partial charge < -0.3 is 10.4 Å². The Bertz CT molecular complexity index is 689. The first-order valence-electron chi connectivity index (χ1n) is 8.39. The number of benzene rings is 1. The number of amides is 1. The maximum Gasteiger partial charge on any atom is 0.416 e. The highest BCUT2D eigenvalue weighted by molar-refractivity contribution is 5.89. The summed E-state index contributed by atoms with van der Waals surface area (Å²) < 4.78 is 39.0. The molecule has 0 aliphatic heterocycles. The van der Waals surface area contributed by atoms with Crippen molar-refractivity contribution in [3.8, 4) is 0 Å². The number of carbonyl (C=O) groups excluding carboxylic acids is 1. The molecule has 0 heterocycles. The predicted molar refractivity (Wildman–Crippen MR) is 83.9 cm³/mol. The summed E-state index contributed by atoms with van der Waals surface area (Å²) in [5.74, 6) is -1.30. The van der Waals surface area contributed by atoms with E-state index in [1.54, 1.807) is 6.07 Å². The summed E-state index contributed by atoms with van der Waals surface area (Å²) in [6, 6.07) is 4.93. The van der Waals surface area contributed by atoms with Crippen LogP contribution in [-0.2, 0) is 21.2 Å². The van der Waals surface area contributed by atoms with Crippen LogP contribution in [0, 0.1) is 5.41 Å². The first-order valence-corrected chi connectivity index (χ1v) is 8.39. The van der Waals surface area contributed by atoms with Gasteiger partial charge in [0.1, 0.15) is 0 Å². The Morgan fingerprint density at radius 3 is 2.28 bits per heavy atom. The van der Waals surface area contributed by atoms with E-state index in [1.165, 1.54) is 6.07 Å². The number of carbonyl (C=O) groups is 2. The Morgan fingerprint density at radius 2 is 1.76 bits per heavy atom. The van der Waals surface area contributed by atoms with E-state index < -0.39 is 28.5 Å². The Balaban J connectivity index is 1.84. The van der Waals surface area contributed by atoms with E-state index >= 15 is 0 Å². The van der Waals surface area contributed by atoms with Crippen LogP contribution in [0.15, 0.2) is 24.3 Å². The quantitative estimate of drug-likeness (QED) is 0.850. The van der Waals surface area contributed by atoms with Crippen LogP contribution >= 0.6 is 0 Å². The summed E-state index contributed by atoms with van der Waals surface area (Å²) in [6.07, 6.45) is -0.978. The van der Waals surface area contributed by atoms with Crippen LogP contribution in [-0.4, -0.2) is 23.5 Å². The average molecular weight is 355 g/mol. The molecule has 2 N–H and O–H groups in total. The summed E-state index contributed by atoms with van der Waals surface area (Å²) in [6.45, 7) is 0.0296. The molecule has 1 amide bonds. The monoisotopic (exact) mass is 355 g/mol. The molecule has 0 unspecified atom stereocenters. The fraction of sp³-hybridized carbons (Fsp3) is 0.556. The minimum absolute atomic E-state index is 0.0296. The normalized spacial score (nSPS) is 20.9. The maximum atomic E-state index is 13.0. The molecule has 0 bridgehead atoms.